The lowest BCUT2D eigenvalue weighted by Crippen LogP contribution is -2.04. The van der Waals surface area contributed by atoms with Gasteiger partial charge in [-0.1, -0.05) is 72.2 Å². The molecule has 1 aromatic carbocycles. The first-order valence-electron chi connectivity index (χ1n) is 7.14. The summed E-state index contributed by atoms with van der Waals surface area (Å²) >= 11 is 16.3. The van der Waals surface area contributed by atoms with Crippen LogP contribution in [-0.4, -0.2) is 37.4 Å². The first-order chi connectivity index (χ1) is 11.9. The second kappa shape index (κ2) is 13.2. The Hall–Kier alpha value is -0.0600. The van der Waals surface area contributed by atoms with Crippen LogP contribution < -0.4 is 0 Å². The van der Waals surface area contributed by atoms with Gasteiger partial charge in [0, 0.05) is 11.5 Å². The molecule has 1 aromatic rings. The highest BCUT2D eigenvalue weighted by Crippen LogP contribution is 2.24. The number of rotatable bonds is 8. The minimum atomic E-state index is -0.269. The molecule has 0 amide bonds. The molecular formula is C16H18O3S6. The van der Waals surface area contributed by atoms with Crippen molar-refractivity contribution >= 4 is 90.3 Å². The summed E-state index contributed by atoms with van der Waals surface area (Å²) in [7, 11) is 1.37. The number of ether oxygens (including phenoxy) is 1. The largest absolute Gasteiger partial charge is 0.468 e. The van der Waals surface area contributed by atoms with Gasteiger partial charge in [-0.15, -0.1) is 23.5 Å². The van der Waals surface area contributed by atoms with E-state index in [1.807, 2.05) is 0 Å². The van der Waals surface area contributed by atoms with Gasteiger partial charge in [0.15, 0.2) is 0 Å². The molecule has 0 aliphatic rings. The highest BCUT2D eigenvalue weighted by Gasteiger charge is 2.06. The number of hydrogen-bond donors (Lipinski definition) is 0. The van der Waals surface area contributed by atoms with Crippen molar-refractivity contribution in [2.24, 2.45) is 0 Å². The van der Waals surface area contributed by atoms with E-state index in [1.54, 1.807) is 30.4 Å². The average molecular weight is 451 g/mol. The van der Waals surface area contributed by atoms with Crippen LogP contribution in [0.25, 0.3) is 0 Å². The van der Waals surface area contributed by atoms with Crippen LogP contribution in [-0.2, 0) is 25.8 Å². The molecule has 0 fully saturated rings. The molecule has 0 N–H and O–H groups in total. The molecule has 0 aromatic heterocycles. The minimum absolute atomic E-state index is 0.137. The van der Waals surface area contributed by atoms with Gasteiger partial charge in [0.25, 0.3) is 0 Å². The fourth-order valence-corrected chi connectivity index (χ4v) is 5.15. The predicted molar refractivity (Wildman–Crippen MR) is 122 cm³/mol. The summed E-state index contributed by atoms with van der Waals surface area (Å²) in [6.07, 6.45) is 0. The molecule has 0 unspecified atom stereocenters. The van der Waals surface area contributed by atoms with Crippen LogP contribution in [0.15, 0.2) is 24.3 Å². The van der Waals surface area contributed by atoms with Gasteiger partial charge in [0.2, 0.25) is 0 Å². The molecule has 3 nitrogen and oxygen atoms in total. The summed E-state index contributed by atoms with van der Waals surface area (Å²) in [6.45, 7) is 1.57. The fourth-order valence-electron chi connectivity index (χ4n) is 1.44. The van der Waals surface area contributed by atoms with Crippen LogP contribution in [0.2, 0.25) is 0 Å². The second-order valence-corrected chi connectivity index (χ2v) is 11.1. The predicted octanol–water partition coefficient (Wildman–Crippen LogP) is 4.95. The third kappa shape index (κ3) is 11.3. The molecule has 0 bridgehead atoms. The van der Waals surface area contributed by atoms with Crippen molar-refractivity contribution in [1.29, 1.82) is 0 Å². The molecule has 9 heteroatoms. The van der Waals surface area contributed by atoms with E-state index in [-0.39, 0.29) is 17.5 Å². The molecule has 0 aliphatic heterocycles. The summed E-state index contributed by atoms with van der Waals surface area (Å²) < 4.78 is 6.11. The zero-order valence-corrected chi connectivity index (χ0v) is 18.7. The molecule has 0 heterocycles. The normalized spacial score (nSPS) is 10.3. The van der Waals surface area contributed by atoms with Gasteiger partial charge in [0.1, 0.15) is 12.8 Å². The van der Waals surface area contributed by atoms with E-state index in [1.165, 1.54) is 41.8 Å². The Morgan fingerprint density at radius 3 is 1.72 bits per heavy atom. The number of ketones is 1. The number of carbonyl (C=O) groups excluding carboxylic acids is 2. The van der Waals surface area contributed by atoms with Crippen LogP contribution in [0, 0.1) is 0 Å². The third-order valence-electron chi connectivity index (χ3n) is 2.67. The molecule has 1 rings (SSSR count). The SMILES string of the molecule is COC(=O)CSC(=S)SCc1ccc(CSC(=S)SCC(C)=O)cc1. The summed E-state index contributed by atoms with van der Waals surface area (Å²) in [5.41, 5.74) is 2.36. The van der Waals surface area contributed by atoms with Gasteiger partial charge < -0.3 is 4.74 Å². The van der Waals surface area contributed by atoms with Crippen molar-refractivity contribution in [2.45, 2.75) is 18.4 Å². The number of methoxy groups -OCH3 is 1. The lowest BCUT2D eigenvalue weighted by molar-refractivity contribution is -0.137. The number of Topliss-reactive ketones (excluding diaryl/α,β-unsaturated/α-hetero) is 1. The van der Waals surface area contributed by atoms with E-state index in [9.17, 15) is 9.59 Å². The second-order valence-electron chi connectivity index (χ2n) is 4.75. The molecule has 0 saturated heterocycles. The Kier molecular flexibility index (Phi) is 12.1. The van der Waals surface area contributed by atoms with Gasteiger partial charge in [-0.25, -0.2) is 0 Å². The van der Waals surface area contributed by atoms with Gasteiger partial charge in [-0.3, -0.25) is 9.59 Å². The standard InChI is InChI=1S/C16H18O3S6/c1-11(17)7-22-15(20)23-8-12-3-5-13(6-4-12)9-24-16(21)25-10-14(18)19-2/h3-6H,7-10H2,1-2H3. The van der Waals surface area contributed by atoms with Crippen LogP contribution in [0.4, 0.5) is 0 Å². The highest BCUT2D eigenvalue weighted by atomic mass is 32.2. The van der Waals surface area contributed by atoms with Gasteiger partial charge >= 0.3 is 5.97 Å². The first kappa shape index (κ1) is 23.0. The average Bonchev–Trinajstić information content (AvgIpc) is 2.61. The van der Waals surface area contributed by atoms with Crippen molar-refractivity contribution in [3.63, 3.8) is 0 Å². The van der Waals surface area contributed by atoms with E-state index in [2.05, 4.69) is 29.0 Å². The van der Waals surface area contributed by atoms with Gasteiger partial charge in [-0.2, -0.15) is 0 Å². The maximum absolute atomic E-state index is 11.1. The molecule has 136 valence electrons. The lowest BCUT2D eigenvalue weighted by Gasteiger charge is -2.06. The zero-order chi connectivity index (χ0) is 18.7. The quantitative estimate of drug-likeness (QED) is 0.404. The summed E-state index contributed by atoms with van der Waals surface area (Å²) in [5, 5.41) is 0. The molecule has 0 atom stereocenters. The first-order valence-corrected chi connectivity index (χ1v) is 11.9. The Bertz CT molecular complexity index is 615. The van der Waals surface area contributed by atoms with Crippen LogP contribution in [0.5, 0.6) is 0 Å². The van der Waals surface area contributed by atoms with Crippen molar-refractivity contribution in [2.75, 3.05) is 18.6 Å². The minimum Gasteiger partial charge on any atom is -0.468 e. The summed E-state index contributed by atoms with van der Waals surface area (Å²) in [6, 6.07) is 8.29. The molecule has 0 spiro atoms. The smallest absolute Gasteiger partial charge is 0.316 e. The monoisotopic (exact) mass is 450 g/mol. The number of esters is 1. The number of hydrogen-bond acceptors (Lipinski definition) is 9. The van der Waals surface area contributed by atoms with E-state index >= 15 is 0 Å². The Morgan fingerprint density at radius 1 is 0.880 bits per heavy atom. The summed E-state index contributed by atoms with van der Waals surface area (Å²) in [5.74, 6) is 2.13. The van der Waals surface area contributed by atoms with E-state index in [4.69, 9.17) is 24.4 Å². The molecule has 0 aliphatic carbocycles. The number of thiocarbonyl (C=S) groups is 2. The molecule has 0 saturated carbocycles. The molecule has 25 heavy (non-hydrogen) atoms. The fraction of sp³-hybridized carbons (Fsp3) is 0.375. The zero-order valence-electron chi connectivity index (χ0n) is 13.8. The van der Waals surface area contributed by atoms with E-state index in [0.717, 1.165) is 18.6 Å². The van der Waals surface area contributed by atoms with Gasteiger partial charge in [-0.05, 0) is 18.1 Å². The van der Waals surface area contributed by atoms with Crippen molar-refractivity contribution in [3.05, 3.63) is 35.4 Å². The Morgan fingerprint density at radius 2 is 1.32 bits per heavy atom. The van der Waals surface area contributed by atoms with Gasteiger partial charge in [0.05, 0.1) is 18.6 Å². The third-order valence-corrected chi connectivity index (χ3v) is 8.32. The maximum Gasteiger partial charge on any atom is 0.316 e. The Balaban J connectivity index is 2.31. The molecular weight excluding hydrogens is 433 g/mol. The number of carbonyl (C=O) groups is 2. The maximum atomic E-state index is 11.1. The number of benzene rings is 1. The molecule has 0 radical (unpaired) electrons. The Labute approximate surface area is 176 Å². The number of thioether (sulfide) groups is 4. The highest BCUT2D eigenvalue weighted by molar-refractivity contribution is 8.47. The van der Waals surface area contributed by atoms with Crippen LogP contribution in [0.3, 0.4) is 0 Å². The van der Waals surface area contributed by atoms with Crippen molar-refractivity contribution in [3.8, 4) is 0 Å². The summed E-state index contributed by atoms with van der Waals surface area (Å²) in [4.78, 5) is 22.0. The van der Waals surface area contributed by atoms with E-state index in [0.29, 0.717) is 5.75 Å². The topological polar surface area (TPSA) is 43.4 Å². The van der Waals surface area contributed by atoms with Crippen LogP contribution >= 0.6 is 71.5 Å². The van der Waals surface area contributed by atoms with E-state index < -0.39 is 0 Å². The van der Waals surface area contributed by atoms with Crippen molar-refractivity contribution in [1.82, 2.24) is 0 Å². The van der Waals surface area contributed by atoms with Crippen LogP contribution in [0.1, 0.15) is 18.1 Å². The van der Waals surface area contributed by atoms with Crippen molar-refractivity contribution < 1.29 is 14.3 Å². The lowest BCUT2D eigenvalue weighted by atomic mass is 10.2.